The molecule has 5 rings (SSSR count). The molecule has 162 valence electrons. The van der Waals surface area contributed by atoms with E-state index in [4.69, 9.17) is 0 Å². The number of sulfone groups is 1. The van der Waals surface area contributed by atoms with Crippen LogP contribution in [-0.4, -0.2) is 40.3 Å². The maximum Gasteiger partial charge on any atom is 0.254 e. The number of nitrogens with one attached hydrogen (secondary N) is 1. The Labute approximate surface area is 183 Å². The Balaban J connectivity index is 1.45. The Morgan fingerprint density at radius 3 is 2.44 bits per heavy atom. The molecule has 0 atom stereocenters. The van der Waals surface area contributed by atoms with Gasteiger partial charge in [0, 0.05) is 24.0 Å². The van der Waals surface area contributed by atoms with Gasteiger partial charge in [-0.25, -0.2) is 22.5 Å². The Bertz CT molecular complexity index is 1440. The number of nitrogens with zero attached hydrogens (tertiary/aromatic N) is 4. The van der Waals surface area contributed by atoms with Crippen LogP contribution < -0.4 is 5.32 Å². The van der Waals surface area contributed by atoms with Crippen molar-refractivity contribution in [3.8, 4) is 5.69 Å². The maximum atomic E-state index is 13.3. The third kappa shape index (κ3) is 3.52. The second kappa shape index (κ2) is 7.20. The summed E-state index contributed by atoms with van der Waals surface area (Å²) in [6.45, 7) is 0. The van der Waals surface area contributed by atoms with E-state index in [-0.39, 0.29) is 16.8 Å². The van der Waals surface area contributed by atoms with Gasteiger partial charge < -0.3 is 5.32 Å². The number of fused-ring (bicyclic) bond motifs is 1. The highest BCUT2D eigenvalue weighted by molar-refractivity contribution is 7.90. The number of pyridine rings is 2. The van der Waals surface area contributed by atoms with Gasteiger partial charge in [-0.1, -0.05) is 6.07 Å². The first-order valence-corrected chi connectivity index (χ1v) is 11.7. The lowest BCUT2D eigenvalue weighted by Crippen LogP contribution is -2.35. The number of carbonyl (C=O) groups excluding carboxylic acids is 1. The van der Waals surface area contributed by atoms with E-state index in [1.165, 1.54) is 30.6 Å². The van der Waals surface area contributed by atoms with Gasteiger partial charge in [-0.3, -0.25) is 9.78 Å². The first-order chi connectivity index (χ1) is 15.3. The van der Waals surface area contributed by atoms with Crippen molar-refractivity contribution in [1.82, 2.24) is 25.1 Å². The minimum Gasteiger partial charge on any atom is -0.342 e. The van der Waals surface area contributed by atoms with Crippen molar-refractivity contribution < 1.29 is 17.6 Å². The highest BCUT2D eigenvalue weighted by Crippen LogP contribution is 2.45. The van der Waals surface area contributed by atoms with Gasteiger partial charge in [0.05, 0.1) is 34.7 Å². The first-order valence-electron chi connectivity index (χ1n) is 9.84. The molecule has 1 fully saturated rings. The summed E-state index contributed by atoms with van der Waals surface area (Å²) in [5, 5.41) is 8.01. The van der Waals surface area contributed by atoms with Crippen LogP contribution in [0.25, 0.3) is 16.6 Å². The van der Waals surface area contributed by atoms with Gasteiger partial charge in [0.25, 0.3) is 5.91 Å². The van der Waals surface area contributed by atoms with Crippen molar-refractivity contribution in [2.75, 3.05) is 6.26 Å². The van der Waals surface area contributed by atoms with Crippen molar-refractivity contribution in [2.45, 2.75) is 23.4 Å². The largest absolute Gasteiger partial charge is 0.342 e. The number of hydrogen-bond acceptors (Lipinski definition) is 6. The van der Waals surface area contributed by atoms with Gasteiger partial charge in [0.1, 0.15) is 5.82 Å². The second-order valence-corrected chi connectivity index (χ2v) is 9.81. The van der Waals surface area contributed by atoms with Crippen molar-refractivity contribution in [1.29, 1.82) is 0 Å². The van der Waals surface area contributed by atoms with Crippen LogP contribution in [0.1, 0.15) is 28.8 Å². The van der Waals surface area contributed by atoms with Crippen LogP contribution in [0, 0.1) is 5.82 Å². The summed E-state index contributed by atoms with van der Waals surface area (Å²) in [5.41, 5.74) is 1.79. The zero-order valence-corrected chi connectivity index (χ0v) is 17.8. The average molecular weight is 451 g/mol. The summed E-state index contributed by atoms with van der Waals surface area (Å²) >= 11 is 0. The van der Waals surface area contributed by atoms with Gasteiger partial charge in [-0.05, 0) is 48.7 Å². The second-order valence-electron chi connectivity index (χ2n) is 7.85. The highest BCUT2D eigenvalue weighted by Gasteiger charge is 2.46. The molecule has 1 aliphatic rings. The molecule has 3 heterocycles. The normalized spacial score (nSPS) is 14.9. The van der Waals surface area contributed by atoms with Gasteiger partial charge in [-0.2, -0.15) is 5.10 Å². The molecule has 8 nitrogen and oxygen atoms in total. The summed E-state index contributed by atoms with van der Waals surface area (Å²) in [4.78, 5) is 21.4. The lowest BCUT2D eigenvalue weighted by atomic mass is 10.1. The summed E-state index contributed by atoms with van der Waals surface area (Å²) in [6, 6.07) is 9.01. The smallest absolute Gasteiger partial charge is 0.254 e. The number of rotatable bonds is 5. The van der Waals surface area contributed by atoms with E-state index in [2.05, 4.69) is 20.4 Å². The zero-order valence-electron chi connectivity index (χ0n) is 17.0. The topological polar surface area (TPSA) is 107 Å². The van der Waals surface area contributed by atoms with E-state index in [1.807, 2.05) is 0 Å². The minimum absolute atomic E-state index is 0.00875. The molecule has 3 aromatic heterocycles. The van der Waals surface area contributed by atoms with E-state index in [0.29, 0.717) is 22.2 Å². The Hall–Kier alpha value is -3.66. The van der Waals surface area contributed by atoms with E-state index >= 15 is 0 Å². The quantitative estimate of drug-likeness (QED) is 0.500. The summed E-state index contributed by atoms with van der Waals surface area (Å²) in [5.74, 6) is -0.663. The Kier molecular flexibility index (Phi) is 4.55. The zero-order chi connectivity index (χ0) is 22.5. The third-order valence-corrected chi connectivity index (χ3v) is 6.59. The predicted molar refractivity (Wildman–Crippen MR) is 115 cm³/mol. The van der Waals surface area contributed by atoms with E-state index in [9.17, 15) is 17.6 Å². The van der Waals surface area contributed by atoms with Gasteiger partial charge in [0.2, 0.25) is 0 Å². The van der Waals surface area contributed by atoms with Crippen LogP contribution in [0.3, 0.4) is 0 Å². The number of hydrogen-bond donors (Lipinski definition) is 1. The molecular formula is C22H18FN5O3S. The van der Waals surface area contributed by atoms with Crippen LogP contribution in [0.4, 0.5) is 4.39 Å². The molecule has 0 aliphatic heterocycles. The minimum atomic E-state index is -3.39. The van der Waals surface area contributed by atoms with Gasteiger partial charge >= 0.3 is 0 Å². The first kappa shape index (κ1) is 20.3. The molecule has 0 spiro atoms. The highest BCUT2D eigenvalue weighted by atomic mass is 32.2. The maximum absolute atomic E-state index is 13.3. The number of benzene rings is 1. The molecule has 0 radical (unpaired) electrons. The van der Waals surface area contributed by atoms with Crippen molar-refractivity contribution in [2.24, 2.45) is 0 Å². The van der Waals surface area contributed by atoms with Crippen molar-refractivity contribution >= 4 is 26.6 Å². The fourth-order valence-electron chi connectivity index (χ4n) is 3.69. The number of amides is 1. The number of aromatic nitrogens is 4. The van der Waals surface area contributed by atoms with Crippen LogP contribution >= 0.6 is 0 Å². The van der Waals surface area contributed by atoms with E-state index in [0.717, 1.165) is 24.7 Å². The lowest BCUT2D eigenvalue weighted by molar-refractivity contribution is 0.0932. The lowest BCUT2D eigenvalue weighted by Gasteiger charge is -2.18. The number of halogens is 1. The molecule has 1 saturated carbocycles. The molecular weight excluding hydrogens is 433 g/mol. The molecule has 0 unspecified atom stereocenters. The Morgan fingerprint density at radius 1 is 1.06 bits per heavy atom. The SMILES string of the molecule is CS(=O)(=O)c1ccc(C2(NC(=O)c3cncc4c3cnn4-c3ccc(F)cc3)CC2)cn1. The molecule has 0 saturated heterocycles. The molecule has 1 aliphatic carbocycles. The molecule has 0 bridgehead atoms. The fourth-order valence-corrected chi connectivity index (χ4v) is 4.25. The molecule has 1 amide bonds. The monoisotopic (exact) mass is 451 g/mol. The molecule has 32 heavy (non-hydrogen) atoms. The molecule has 4 aromatic rings. The van der Waals surface area contributed by atoms with Gasteiger partial charge in [-0.15, -0.1) is 0 Å². The average Bonchev–Trinajstić information content (AvgIpc) is 3.42. The van der Waals surface area contributed by atoms with Crippen molar-refractivity contribution in [3.05, 3.63) is 78.1 Å². The molecule has 1 aromatic carbocycles. The molecule has 10 heteroatoms. The van der Waals surface area contributed by atoms with Gasteiger partial charge in [0.15, 0.2) is 14.9 Å². The van der Waals surface area contributed by atoms with Crippen LogP contribution in [0.2, 0.25) is 0 Å². The van der Waals surface area contributed by atoms with Crippen molar-refractivity contribution in [3.63, 3.8) is 0 Å². The summed E-state index contributed by atoms with van der Waals surface area (Å²) < 4.78 is 38.2. The fraction of sp³-hybridized carbons (Fsp3) is 0.182. The van der Waals surface area contributed by atoms with E-state index in [1.54, 1.807) is 35.3 Å². The predicted octanol–water partition coefficient (Wildman–Crippen LogP) is 2.78. The number of carbonyl (C=O) groups is 1. The third-order valence-electron chi connectivity index (χ3n) is 5.58. The Morgan fingerprint density at radius 2 is 1.81 bits per heavy atom. The van der Waals surface area contributed by atoms with Crippen LogP contribution in [-0.2, 0) is 15.4 Å². The molecule has 1 N–H and O–H groups in total. The van der Waals surface area contributed by atoms with Crippen LogP contribution in [0.15, 0.2) is 66.2 Å². The van der Waals surface area contributed by atoms with Crippen LogP contribution in [0.5, 0.6) is 0 Å². The van der Waals surface area contributed by atoms with E-state index < -0.39 is 15.4 Å². The summed E-state index contributed by atoms with van der Waals surface area (Å²) in [6.07, 6.45) is 8.70. The standard InChI is InChI=1S/C22H18FN5O3S/c1-32(30,31)20-7-2-14(10-25-20)22(8-9-22)27-21(29)18-11-24-13-19-17(18)12-26-28(19)16-5-3-15(23)4-6-16/h2-7,10-13H,8-9H2,1H3,(H,27,29). The summed E-state index contributed by atoms with van der Waals surface area (Å²) in [7, 11) is -3.39.